The summed E-state index contributed by atoms with van der Waals surface area (Å²) in [6, 6.07) is 6.17. The monoisotopic (exact) mass is 375 g/mol. The fourth-order valence-electron chi connectivity index (χ4n) is 1.78. The molecule has 0 atom stereocenters. The quantitative estimate of drug-likeness (QED) is 0.741. The zero-order valence-electron chi connectivity index (χ0n) is 13.8. The molecule has 0 unspecified atom stereocenters. The first-order valence-electron chi connectivity index (χ1n) is 7.03. The molecular formula is C14H22ClN5O3S. The van der Waals surface area contributed by atoms with Crippen molar-refractivity contribution < 1.29 is 13.2 Å². The van der Waals surface area contributed by atoms with Gasteiger partial charge in [0.15, 0.2) is 5.82 Å². The van der Waals surface area contributed by atoms with Gasteiger partial charge in [0.05, 0.1) is 4.90 Å². The van der Waals surface area contributed by atoms with Crippen LogP contribution >= 0.6 is 12.4 Å². The number of nitrogens with one attached hydrogen (secondary N) is 1. The lowest BCUT2D eigenvalue weighted by molar-refractivity contribution is 0.289. The lowest BCUT2D eigenvalue weighted by Gasteiger charge is -2.23. The smallest absolute Gasteiger partial charge is 0.241 e. The number of nitrogens with zero attached hydrogens (tertiary/aromatic N) is 3. The van der Waals surface area contributed by atoms with Gasteiger partial charge in [0.1, 0.15) is 18.7 Å². The van der Waals surface area contributed by atoms with Crippen molar-refractivity contribution in [2.24, 2.45) is 12.8 Å². The van der Waals surface area contributed by atoms with E-state index in [4.69, 9.17) is 10.5 Å². The molecule has 1 aromatic carbocycles. The first-order valence-corrected chi connectivity index (χ1v) is 8.52. The Morgan fingerprint density at radius 1 is 1.29 bits per heavy atom. The number of halogens is 1. The summed E-state index contributed by atoms with van der Waals surface area (Å²) in [7, 11) is -1.85. The average molecular weight is 376 g/mol. The van der Waals surface area contributed by atoms with Crippen LogP contribution in [0.15, 0.2) is 35.5 Å². The molecule has 1 aromatic heterocycles. The highest BCUT2D eigenvalue weighted by molar-refractivity contribution is 7.89. The van der Waals surface area contributed by atoms with Crippen LogP contribution in [0.3, 0.4) is 0 Å². The van der Waals surface area contributed by atoms with Crippen LogP contribution in [0, 0.1) is 0 Å². The second-order valence-corrected chi connectivity index (χ2v) is 7.44. The third-order valence-electron chi connectivity index (χ3n) is 3.23. The van der Waals surface area contributed by atoms with Gasteiger partial charge in [0, 0.05) is 19.1 Å². The maximum Gasteiger partial charge on any atom is 0.241 e. The van der Waals surface area contributed by atoms with Gasteiger partial charge in [0.25, 0.3) is 0 Å². The van der Waals surface area contributed by atoms with Crippen molar-refractivity contribution in [3.8, 4) is 5.75 Å². The van der Waals surface area contributed by atoms with Crippen molar-refractivity contribution in [1.82, 2.24) is 19.5 Å². The highest BCUT2D eigenvalue weighted by atomic mass is 35.5. The molecule has 0 bridgehead atoms. The second-order valence-electron chi connectivity index (χ2n) is 5.75. The van der Waals surface area contributed by atoms with E-state index in [1.54, 1.807) is 37.7 Å². The number of aromatic nitrogens is 3. The average Bonchev–Trinajstić information content (AvgIpc) is 2.90. The van der Waals surface area contributed by atoms with Gasteiger partial charge in [-0.1, -0.05) is 0 Å². The standard InChI is InChI=1S/C14H21N5O3S.ClH/c1-14(2,9-15)18-23(20,21)12-6-4-11(5-7-12)22-8-13-16-10-17-19(13)3;/h4-7,10,18H,8-9,15H2,1-3H3;1H. The molecule has 0 saturated carbocycles. The Balaban J connectivity index is 0.00000288. The zero-order chi connectivity index (χ0) is 17.1. The summed E-state index contributed by atoms with van der Waals surface area (Å²) in [5.41, 5.74) is 4.84. The Bertz CT molecular complexity index is 759. The van der Waals surface area contributed by atoms with Crippen LogP contribution < -0.4 is 15.2 Å². The van der Waals surface area contributed by atoms with Crippen LogP contribution in [0.1, 0.15) is 19.7 Å². The number of hydrogen-bond donors (Lipinski definition) is 2. The van der Waals surface area contributed by atoms with Gasteiger partial charge < -0.3 is 10.5 Å². The maximum atomic E-state index is 12.3. The second kappa shape index (κ2) is 7.93. The minimum atomic E-state index is -3.62. The Kier molecular flexibility index (Phi) is 6.73. The van der Waals surface area contributed by atoms with E-state index in [1.165, 1.54) is 18.5 Å². The van der Waals surface area contributed by atoms with Crippen LogP contribution in [0.2, 0.25) is 0 Å². The summed E-state index contributed by atoms with van der Waals surface area (Å²) in [4.78, 5) is 4.20. The topological polar surface area (TPSA) is 112 Å². The Hall–Kier alpha value is -1.68. The molecule has 0 saturated heterocycles. The molecule has 0 amide bonds. The van der Waals surface area contributed by atoms with E-state index in [2.05, 4.69) is 14.8 Å². The molecule has 10 heteroatoms. The molecule has 0 aliphatic carbocycles. The van der Waals surface area contributed by atoms with E-state index in [0.29, 0.717) is 11.6 Å². The van der Waals surface area contributed by atoms with E-state index >= 15 is 0 Å². The van der Waals surface area contributed by atoms with Crippen LogP contribution in [-0.4, -0.2) is 35.3 Å². The van der Waals surface area contributed by atoms with Crippen molar-refractivity contribution in [2.45, 2.75) is 30.9 Å². The lowest BCUT2D eigenvalue weighted by Crippen LogP contribution is -2.48. The predicted molar refractivity (Wildman–Crippen MR) is 92.5 cm³/mol. The first-order chi connectivity index (χ1) is 10.7. The largest absolute Gasteiger partial charge is 0.486 e. The number of aryl methyl sites for hydroxylation is 1. The lowest BCUT2D eigenvalue weighted by atomic mass is 10.1. The molecule has 0 radical (unpaired) electrons. The van der Waals surface area contributed by atoms with Crippen LogP contribution in [-0.2, 0) is 23.7 Å². The van der Waals surface area contributed by atoms with Crippen molar-refractivity contribution in [1.29, 1.82) is 0 Å². The normalized spacial score (nSPS) is 11.8. The predicted octanol–water partition coefficient (Wildman–Crippen LogP) is 0.831. The van der Waals surface area contributed by atoms with Crippen molar-refractivity contribution in [3.63, 3.8) is 0 Å². The third-order valence-corrected chi connectivity index (χ3v) is 4.94. The van der Waals surface area contributed by atoms with Crippen molar-refractivity contribution in [2.75, 3.05) is 6.54 Å². The van der Waals surface area contributed by atoms with Gasteiger partial charge in [-0.05, 0) is 38.1 Å². The zero-order valence-corrected chi connectivity index (χ0v) is 15.4. The number of rotatable bonds is 7. The molecular weight excluding hydrogens is 354 g/mol. The third kappa shape index (κ3) is 5.17. The molecule has 24 heavy (non-hydrogen) atoms. The molecule has 0 aliphatic rings. The Labute approximate surface area is 147 Å². The molecule has 0 spiro atoms. The van der Waals surface area contributed by atoms with Gasteiger partial charge in [-0.15, -0.1) is 12.4 Å². The summed E-state index contributed by atoms with van der Waals surface area (Å²) < 4.78 is 34.3. The summed E-state index contributed by atoms with van der Waals surface area (Å²) in [5.74, 6) is 1.22. The molecule has 8 nitrogen and oxygen atoms in total. The molecule has 2 aromatic rings. The molecule has 0 fully saturated rings. The van der Waals surface area contributed by atoms with Crippen LogP contribution in [0.25, 0.3) is 0 Å². The number of ether oxygens (including phenoxy) is 1. The van der Waals surface area contributed by atoms with E-state index in [1.807, 2.05) is 0 Å². The molecule has 134 valence electrons. The Morgan fingerprint density at radius 3 is 2.42 bits per heavy atom. The van der Waals surface area contributed by atoms with Gasteiger partial charge in [-0.3, -0.25) is 4.68 Å². The fourth-order valence-corrected chi connectivity index (χ4v) is 3.20. The molecule has 2 rings (SSSR count). The highest BCUT2D eigenvalue weighted by Gasteiger charge is 2.24. The molecule has 3 N–H and O–H groups in total. The number of hydrogen-bond acceptors (Lipinski definition) is 6. The summed E-state index contributed by atoms with van der Waals surface area (Å²) in [6.45, 7) is 3.90. The number of sulfonamides is 1. The van der Waals surface area contributed by atoms with E-state index in [0.717, 1.165) is 0 Å². The Morgan fingerprint density at radius 2 is 1.92 bits per heavy atom. The highest BCUT2D eigenvalue weighted by Crippen LogP contribution is 2.18. The number of nitrogens with two attached hydrogens (primary N) is 1. The number of benzene rings is 1. The fraction of sp³-hybridized carbons (Fsp3) is 0.429. The van der Waals surface area contributed by atoms with Gasteiger partial charge in [0.2, 0.25) is 10.0 Å². The van der Waals surface area contributed by atoms with Crippen molar-refractivity contribution >= 4 is 22.4 Å². The van der Waals surface area contributed by atoms with E-state index in [9.17, 15) is 8.42 Å². The minimum Gasteiger partial charge on any atom is -0.486 e. The van der Waals surface area contributed by atoms with Gasteiger partial charge in [-0.2, -0.15) is 5.10 Å². The first kappa shape index (κ1) is 20.4. The molecule has 1 heterocycles. The molecule has 0 aliphatic heterocycles. The summed E-state index contributed by atoms with van der Waals surface area (Å²) in [6.07, 6.45) is 1.44. The SMILES string of the molecule is Cl.Cn1ncnc1COc1ccc(S(=O)(=O)NC(C)(C)CN)cc1. The van der Waals surface area contributed by atoms with Crippen LogP contribution in [0.4, 0.5) is 0 Å². The minimum absolute atomic E-state index is 0. The van der Waals surface area contributed by atoms with E-state index < -0.39 is 15.6 Å². The maximum absolute atomic E-state index is 12.3. The summed E-state index contributed by atoms with van der Waals surface area (Å²) in [5, 5.41) is 3.95. The summed E-state index contributed by atoms with van der Waals surface area (Å²) >= 11 is 0. The van der Waals surface area contributed by atoms with E-state index in [-0.39, 0.29) is 30.5 Å². The van der Waals surface area contributed by atoms with Crippen LogP contribution in [0.5, 0.6) is 5.75 Å². The van der Waals surface area contributed by atoms with Crippen molar-refractivity contribution in [3.05, 3.63) is 36.4 Å². The van der Waals surface area contributed by atoms with Gasteiger partial charge >= 0.3 is 0 Å². The van der Waals surface area contributed by atoms with Gasteiger partial charge in [-0.25, -0.2) is 18.1 Å².